The summed E-state index contributed by atoms with van der Waals surface area (Å²) < 4.78 is 40.7. The van der Waals surface area contributed by atoms with E-state index in [4.69, 9.17) is 0 Å². The van der Waals surface area contributed by atoms with E-state index in [1.165, 1.54) is 0 Å². The van der Waals surface area contributed by atoms with Gasteiger partial charge in [0.15, 0.2) is 5.82 Å². The fraction of sp³-hybridized carbons (Fsp3) is 0.438. The molecule has 128 valence electrons. The van der Waals surface area contributed by atoms with Crippen molar-refractivity contribution in [3.63, 3.8) is 0 Å². The highest BCUT2D eigenvalue weighted by Gasteiger charge is 2.36. The number of halogens is 3. The molecule has 0 bridgehead atoms. The van der Waals surface area contributed by atoms with Crippen LogP contribution in [0.2, 0.25) is 0 Å². The van der Waals surface area contributed by atoms with Gasteiger partial charge < -0.3 is 5.32 Å². The Hall–Kier alpha value is -2.38. The van der Waals surface area contributed by atoms with Gasteiger partial charge in [-0.2, -0.15) is 18.3 Å². The lowest BCUT2D eigenvalue weighted by Gasteiger charge is -2.13. The SMILES string of the molecule is Cc1cc(NC(=O)c2ccncc2C(F)(F)F)nn1[C@H](C)C1CC1. The summed E-state index contributed by atoms with van der Waals surface area (Å²) in [4.78, 5) is 15.7. The lowest BCUT2D eigenvalue weighted by molar-refractivity contribution is -0.138. The molecule has 0 unspecified atom stereocenters. The van der Waals surface area contributed by atoms with Crippen molar-refractivity contribution in [3.8, 4) is 0 Å². The van der Waals surface area contributed by atoms with E-state index in [9.17, 15) is 18.0 Å². The topological polar surface area (TPSA) is 59.8 Å². The number of hydrogen-bond donors (Lipinski definition) is 1. The van der Waals surface area contributed by atoms with Crippen molar-refractivity contribution in [2.45, 2.75) is 38.9 Å². The Labute approximate surface area is 136 Å². The molecule has 0 aliphatic heterocycles. The van der Waals surface area contributed by atoms with Gasteiger partial charge in [0.05, 0.1) is 17.2 Å². The van der Waals surface area contributed by atoms with Gasteiger partial charge in [-0.3, -0.25) is 14.5 Å². The molecule has 0 saturated heterocycles. The van der Waals surface area contributed by atoms with Crippen LogP contribution >= 0.6 is 0 Å². The van der Waals surface area contributed by atoms with Gasteiger partial charge in [0.1, 0.15) is 0 Å². The van der Waals surface area contributed by atoms with Crippen molar-refractivity contribution in [1.82, 2.24) is 14.8 Å². The van der Waals surface area contributed by atoms with Crippen molar-refractivity contribution in [3.05, 3.63) is 41.3 Å². The van der Waals surface area contributed by atoms with Crippen LogP contribution in [-0.2, 0) is 6.18 Å². The van der Waals surface area contributed by atoms with Crippen LogP contribution in [0.15, 0.2) is 24.5 Å². The molecule has 0 aromatic carbocycles. The normalized spacial score (nSPS) is 16.0. The van der Waals surface area contributed by atoms with Gasteiger partial charge in [-0.15, -0.1) is 0 Å². The molecule has 1 amide bonds. The lowest BCUT2D eigenvalue weighted by Crippen LogP contribution is -2.19. The highest BCUT2D eigenvalue weighted by atomic mass is 19.4. The van der Waals surface area contributed by atoms with E-state index in [0.29, 0.717) is 12.1 Å². The van der Waals surface area contributed by atoms with Gasteiger partial charge in [0.2, 0.25) is 0 Å². The summed E-state index contributed by atoms with van der Waals surface area (Å²) in [6.45, 7) is 3.91. The maximum Gasteiger partial charge on any atom is 0.418 e. The minimum Gasteiger partial charge on any atom is -0.305 e. The first-order chi connectivity index (χ1) is 11.3. The first-order valence-corrected chi connectivity index (χ1v) is 7.66. The second kappa shape index (κ2) is 5.92. The number of amides is 1. The lowest BCUT2D eigenvalue weighted by atomic mass is 10.1. The van der Waals surface area contributed by atoms with Crippen LogP contribution in [-0.4, -0.2) is 20.7 Å². The van der Waals surface area contributed by atoms with Crippen LogP contribution in [0.25, 0.3) is 0 Å². The Kier molecular flexibility index (Phi) is 4.06. The van der Waals surface area contributed by atoms with E-state index in [0.717, 1.165) is 30.8 Å². The molecular formula is C16H17F3N4O. The summed E-state index contributed by atoms with van der Waals surface area (Å²) >= 11 is 0. The number of hydrogen-bond acceptors (Lipinski definition) is 3. The van der Waals surface area contributed by atoms with Gasteiger partial charge in [-0.05, 0) is 38.7 Å². The average molecular weight is 338 g/mol. The van der Waals surface area contributed by atoms with E-state index in [-0.39, 0.29) is 11.9 Å². The third-order valence-electron chi connectivity index (χ3n) is 4.23. The van der Waals surface area contributed by atoms with Gasteiger partial charge >= 0.3 is 6.18 Å². The molecule has 2 heterocycles. The summed E-state index contributed by atoms with van der Waals surface area (Å²) in [5, 5.41) is 6.76. The molecule has 1 N–H and O–H groups in total. The summed E-state index contributed by atoms with van der Waals surface area (Å²) in [5.74, 6) is -0.0347. The molecule has 8 heteroatoms. The maximum absolute atomic E-state index is 13.0. The zero-order valence-corrected chi connectivity index (χ0v) is 13.3. The summed E-state index contributed by atoms with van der Waals surface area (Å²) in [6, 6.07) is 2.92. The molecule has 2 aromatic rings. The number of carbonyl (C=O) groups is 1. The Morgan fingerprint density at radius 1 is 1.42 bits per heavy atom. The van der Waals surface area contributed by atoms with Crippen LogP contribution < -0.4 is 5.32 Å². The van der Waals surface area contributed by atoms with E-state index in [1.54, 1.807) is 6.07 Å². The number of aryl methyl sites for hydroxylation is 1. The quantitative estimate of drug-likeness (QED) is 0.922. The predicted octanol–water partition coefficient (Wildman–Crippen LogP) is 3.83. The van der Waals surface area contributed by atoms with Crippen molar-refractivity contribution < 1.29 is 18.0 Å². The minimum atomic E-state index is -4.64. The molecule has 1 fully saturated rings. The maximum atomic E-state index is 13.0. The number of rotatable bonds is 4. The minimum absolute atomic E-state index is 0.210. The highest BCUT2D eigenvalue weighted by Crippen LogP contribution is 2.40. The Morgan fingerprint density at radius 3 is 2.75 bits per heavy atom. The Morgan fingerprint density at radius 2 is 2.12 bits per heavy atom. The molecule has 1 aliphatic rings. The summed E-state index contributed by atoms with van der Waals surface area (Å²) in [6.07, 6.45) is -0.546. The first kappa shape index (κ1) is 16.5. The third kappa shape index (κ3) is 3.27. The number of alkyl halides is 3. The van der Waals surface area contributed by atoms with Crippen molar-refractivity contribution in [1.29, 1.82) is 0 Å². The van der Waals surface area contributed by atoms with E-state index in [1.807, 2.05) is 18.5 Å². The standard InChI is InChI=1S/C16H17F3N4O/c1-9-7-14(22-23(9)10(2)11-3-4-11)21-15(24)12-5-6-20-8-13(12)16(17,18)19/h5-8,10-11H,3-4H2,1-2H3,(H,21,22,24)/t10-/m1/s1. The zero-order valence-electron chi connectivity index (χ0n) is 13.3. The van der Waals surface area contributed by atoms with E-state index in [2.05, 4.69) is 15.4 Å². The number of carbonyl (C=O) groups excluding carboxylic acids is 1. The largest absolute Gasteiger partial charge is 0.418 e. The molecule has 1 atom stereocenters. The second-order valence-electron chi connectivity index (χ2n) is 6.07. The number of pyridine rings is 1. The number of nitrogens with one attached hydrogen (secondary N) is 1. The fourth-order valence-corrected chi connectivity index (χ4v) is 2.74. The van der Waals surface area contributed by atoms with Gasteiger partial charge in [-0.1, -0.05) is 0 Å². The summed E-state index contributed by atoms with van der Waals surface area (Å²) in [7, 11) is 0. The van der Waals surface area contributed by atoms with E-state index >= 15 is 0 Å². The fourth-order valence-electron chi connectivity index (χ4n) is 2.74. The van der Waals surface area contributed by atoms with Gasteiger partial charge in [0, 0.05) is 24.2 Å². The number of anilines is 1. The molecule has 1 aliphatic carbocycles. The molecule has 1 saturated carbocycles. The molecule has 0 radical (unpaired) electrons. The summed E-state index contributed by atoms with van der Waals surface area (Å²) in [5.41, 5.74) is -0.680. The molecule has 0 spiro atoms. The zero-order chi connectivity index (χ0) is 17.5. The van der Waals surface area contributed by atoms with E-state index < -0.39 is 23.2 Å². The van der Waals surface area contributed by atoms with Crippen LogP contribution in [0.5, 0.6) is 0 Å². The van der Waals surface area contributed by atoms with Crippen LogP contribution in [0, 0.1) is 12.8 Å². The molecular weight excluding hydrogens is 321 g/mol. The second-order valence-corrected chi connectivity index (χ2v) is 6.07. The third-order valence-corrected chi connectivity index (χ3v) is 4.23. The van der Waals surface area contributed by atoms with Crippen LogP contribution in [0.4, 0.5) is 19.0 Å². The highest BCUT2D eigenvalue weighted by molar-refractivity contribution is 6.04. The van der Waals surface area contributed by atoms with Gasteiger partial charge in [-0.25, -0.2) is 0 Å². The molecule has 24 heavy (non-hydrogen) atoms. The Balaban J connectivity index is 1.82. The van der Waals surface area contributed by atoms with Gasteiger partial charge in [0.25, 0.3) is 5.91 Å². The first-order valence-electron chi connectivity index (χ1n) is 7.66. The van der Waals surface area contributed by atoms with Crippen molar-refractivity contribution in [2.75, 3.05) is 5.32 Å². The monoisotopic (exact) mass is 338 g/mol. The van der Waals surface area contributed by atoms with Crippen molar-refractivity contribution >= 4 is 11.7 Å². The van der Waals surface area contributed by atoms with Crippen molar-refractivity contribution in [2.24, 2.45) is 5.92 Å². The molecule has 2 aromatic heterocycles. The average Bonchev–Trinajstić information content (AvgIpc) is 3.30. The molecule has 5 nitrogen and oxygen atoms in total. The smallest absolute Gasteiger partial charge is 0.305 e. The predicted molar refractivity (Wildman–Crippen MR) is 81.6 cm³/mol. The number of aromatic nitrogens is 3. The molecule has 3 rings (SSSR count). The number of nitrogens with zero attached hydrogens (tertiary/aromatic N) is 3. The van der Waals surface area contributed by atoms with Crippen LogP contribution in [0.3, 0.4) is 0 Å². The van der Waals surface area contributed by atoms with Crippen LogP contribution in [0.1, 0.15) is 47.4 Å². The Bertz CT molecular complexity index is 765.